The molecule has 1 atom stereocenters. The van der Waals surface area contributed by atoms with Crippen LogP contribution in [-0.4, -0.2) is 43.5 Å². The van der Waals surface area contributed by atoms with Crippen molar-refractivity contribution in [3.63, 3.8) is 0 Å². The van der Waals surface area contributed by atoms with E-state index in [1.165, 1.54) is 0 Å². The maximum absolute atomic E-state index is 10.7. The molecule has 0 radical (unpaired) electrons. The van der Waals surface area contributed by atoms with Gasteiger partial charge in [-0.1, -0.05) is 0 Å². The Balaban J connectivity index is 3.11. The fourth-order valence-corrected chi connectivity index (χ4v) is 0.746. The number of carbonyl (C=O) groups excluding carboxylic acids is 1. The highest BCUT2D eigenvalue weighted by Crippen LogP contribution is 1.76. The van der Waals surface area contributed by atoms with Gasteiger partial charge in [-0.25, -0.2) is 4.79 Å². The van der Waals surface area contributed by atoms with E-state index < -0.39 is 6.09 Å². The third kappa shape index (κ3) is 9.10. The second kappa shape index (κ2) is 7.82. The fourth-order valence-electron chi connectivity index (χ4n) is 0.746. The van der Waals surface area contributed by atoms with Gasteiger partial charge in [0.1, 0.15) is 0 Å². The summed E-state index contributed by atoms with van der Waals surface area (Å²) in [5.74, 6) is 0. The smallest absolute Gasteiger partial charge is 0.407 e. The summed E-state index contributed by atoms with van der Waals surface area (Å²) < 4.78 is 4.64. The fraction of sp³-hybridized carbons (Fsp3) is 0.875. The summed E-state index contributed by atoms with van der Waals surface area (Å²) in [5, 5.41) is 14.4. The molecule has 3 N–H and O–H groups in total. The van der Waals surface area contributed by atoms with Crippen LogP contribution in [0.25, 0.3) is 0 Å². The molecule has 0 saturated heterocycles. The Morgan fingerprint density at radius 3 is 2.77 bits per heavy atom. The second-order valence-corrected chi connectivity index (χ2v) is 2.70. The average molecular weight is 190 g/mol. The summed E-state index contributed by atoms with van der Waals surface area (Å²) in [6, 6.07) is 0. The maximum Gasteiger partial charge on any atom is 0.407 e. The Bertz CT molecular complexity index is 139. The third-order valence-electron chi connectivity index (χ3n) is 1.29. The largest absolute Gasteiger partial charge is 0.450 e. The number of aliphatic hydroxyl groups is 1. The molecule has 0 heterocycles. The lowest BCUT2D eigenvalue weighted by molar-refractivity contribution is 0.152. The van der Waals surface area contributed by atoms with E-state index in [0.717, 1.165) is 0 Å². The summed E-state index contributed by atoms with van der Waals surface area (Å²) in [6.07, 6.45) is -0.760. The second-order valence-electron chi connectivity index (χ2n) is 2.70. The van der Waals surface area contributed by atoms with Gasteiger partial charge >= 0.3 is 6.09 Å². The molecule has 1 unspecified atom stereocenters. The van der Waals surface area contributed by atoms with Gasteiger partial charge in [0.05, 0.1) is 12.7 Å². The zero-order valence-electron chi connectivity index (χ0n) is 8.17. The van der Waals surface area contributed by atoms with E-state index in [0.29, 0.717) is 26.2 Å². The molecule has 0 rings (SSSR count). The van der Waals surface area contributed by atoms with Crippen LogP contribution >= 0.6 is 0 Å². The van der Waals surface area contributed by atoms with E-state index in [-0.39, 0.29) is 6.10 Å². The summed E-state index contributed by atoms with van der Waals surface area (Å²) in [5.41, 5.74) is 0. The van der Waals surface area contributed by atoms with Crippen LogP contribution in [0.2, 0.25) is 0 Å². The average Bonchev–Trinajstić information content (AvgIpc) is 2.03. The Hall–Kier alpha value is -0.810. The van der Waals surface area contributed by atoms with Crippen LogP contribution in [0.3, 0.4) is 0 Å². The standard InChI is InChI=1S/C8H18N2O3/c1-3-13-8(12)10-5-4-9-6-7(2)11/h7,9,11H,3-6H2,1-2H3,(H,10,12). The minimum absolute atomic E-state index is 0.359. The van der Waals surface area contributed by atoms with Gasteiger partial charge in [0.25, 0.3) is 0 Å². The Labute approximate surface area is 78.5 Å². The van der Waals surface area contributed by atoms with Gasteiger partial charge in [-0.2, -0.15) is 0 Å². The number of nitrogens with one attached hydrogen (secondary N) is 2. The molecule has 0 aliphatic heterocycles. The van der Waals surface area contributed by atoms with E-state index in [1.54, 1.807) is 13.8 Å². The predicted molar refractivity (Wildman–Crippen MR) is 49.6 cm³/mol. The topological polar surface area (TPSA) is 70.6 Å². The summed E-state index contributed by atoms with van der Waals surface area (Å²) in [4.78, 5) is 10.7. The number of hydrogen-bond donors (Lipinski definition) is 3. The lowest BCUT2D eigenvalue weighted by Gasteiger charge is -2.07. The van der Waals surface area contributed by atoms with Crippen LogP contribution in [0.1, 0.15) is 13.8 Å². The number of aliphatic hydroxyl groups excluding tert-OH is 1. The van der Waals surface area contributed by atoms with Crippen LogP contribution in [0.4, 0.5) is 4.79 Å². The Morgan fingerprint density at radius 1 is 1.54 bits per heavy atom. The molecule has 5 heteroatoms. The van der Waals surface area contributed by atoms with Crippen LogP contribution in [0.15, 0.2) is 0 Å². The number of amides is 1. The summed E-state index contributed by atoms with van der Waals surface area (Å²) in [6.45, 7) is 5.50. The van der Waals surface area contributed by atoms with Gasteiger partial charge < -0.3 is 20.5 Å². The van der Waals surface area contributed by atoms with E-state index in [9.17, 15) is 4.79 Å². The molecule has 0 aromatic rings. The van der Waals surface area contributed by atoms with Gasteiger partial charge in [-0.05, 0) is 13.8 Å². The molecule has 0 aromatic carbocycles. The van der Waals surface area contributed by atoms with E-state index >= 15 is 0 Å². The normalized spacial score (nSPS) is 12.2. The molecule has 0 bridgehead atoms. The van der Waals surface area contributed by atoms with Crippen molar-refractivity contribution in [2.45, 2.75) is 20.0 Å². The first-order valence-electron chi connectivity index (χ1n) is 4.46. The molecule has 1 amide bonds. The highest BCUT2D eigenvalue weighted by molar-refractivity contribution is 5.66. The van der Waals surface area contributed by atoms with Gasteiger partial charge in [-0.3, -0.25) is 0 Å². The highest BCUT2D eigenvalue weighted by Gasteiger charge is 1.98. The van der Waals surface area contributed by atoms with Crippen molar-refractivity contribution in [3.8, 4) is 0 Å². The predicted octanol–water partition coefficient (Wildman–Crippen LogP) is -0.297. The van der Waals surface area contributed by atoms with E-state index in [4.69, 9.17) is 5.11 Å². The number of carbonyl (C=O) groups is 1. The van der Waals surface area contributed by atoms with Crippen molar-refractivity contribution in [2.24, 2.45) is 0 Å². The van der Waals surface area contributed by atoms with Crippen LogP contribution in [0, 0.1) is 0 Å². The van der Waals surface area contributed by atoms with Crippen molar-refractivity contribution in [1.29, 1.82) is 0 Å². The van der Waals surface area contributed by atoms with Crippen molar-refractivity contribution < 1.29 is 14.6 Å². The lowest BCUT2D eigenvalue weighted by Crippen LogP contribution is -2.34. The number of alkyl carbamates (subject to hydrolysis) is 1. The van der Waals surface area contributed by atoms with Gasteiger partial charge in [0, 0.05) is 19.6 Å². The SMILES string of the molecule is CCOC(=O)NCCNCC(C)O. The molecule has 78 valence electrons. The minimum Gasteiger partial charge on any atom is -0.450 e. The first kappa shape index (κ1) is 12.2. The first-order chi connectivity index (χ1) is 6.16. The van der Waals surface area contributed by atoms with E-state index in [1.807, 2.05) is 0 Å². The van der Waals surface area contributed by atoms with Crippen LogP contribution in [0.5, 0.6) is 0 Å². The molecule has 0 aliphatic carbocycles. The van der Waals surface area contributed by atoms with Crippen molar-refractivity contribution in [3.05, 3.63) is 0 Å². The molecule has 0 aromatic heterocycles. The van der Waals surface area contributed by atoms with Crippen molar-refractivity contribution in [2.75, 3.05) is 26.2 Å². The molecule has 0 aliphatic rings. The summed E-state index contributed by atoms with van der Waals surface area (Å²) >= 11 is 0. The quantitative estimate of drug-likeness (QED) is 0.503. The monoisotopic (exact) mass is 190 g/mol. The maximum atomic E-state index is 10.7. The molecular formula is C8H18N2O3. The van der Waals surface area contributed by atoms with Crippen LogP contribution < -0.4 is 10.6 Å². The summed E-state index contributed by atoms with van der Waals surface area (Å²) in [7, 11) is 0. The zero-order valence-corrected chi connectivity index (χ0v) is 8.17. The minimum atomic E-state index is -0.402. The van der Waals surface area contributed by atoms with Gasteiger partial charge in [-0.15, -0.1) is 0 Å². The zero-order chi connectivity index (χ0) is 10.1. The molecule has 13 heavy (non-hydrogen) atoms. The molecule has 0 saturated carbocycles. The van der Waals surface area contributed by atoms with Crippen molar-refractivity contribution in [1.82, 2.24) is 10.6 Å². The molecule has 0 spiro atoms. The molecule has 0 fully saturated rings. The molecular weight excluding hydrogens is 172 g/mol. The third-order valence-corrected chi connectivity index (χ3v) is 1.29. The van der Waals surface area contributed by atoms with Crippen LogP contribution in [-0.2, 0) is 4.74 Å². The number of hydrogen-bond acceptors (Lipinski definition) is 4. The Kier molecular flexibility index (Phi) is 7.33. The van der Waals surface area contributed by atoms with Crippen molar-refractivity contribution >= 4 is 6.09 Å². The number of rotatable bonds is 6. The van der Waals surface area contributed by atoms with Gasteiger partial charge in [0.2, 0.25) is 0 Å². The number of ether oxygens (including phenoxy) is 1. The van der Waals surface area contributed by atoms with Gasteiger partial charge in [0.15, 0.2) is 0 Å². The lowest BCUT2D eigenvalue weighted by atomic mass is 10.4. The molecule has 5 nitrogen and oxygen atoms in total. The Morgan fingerprint density at radius 2 is 2.23 bits per heavy atom. The first-order valence-corrected chi connectivity index (χ1v) is 4.46. The highest BCUT2D eigenvalue weighted by atomic mass is 16.5. The van der Waals surface area contributed by atoms with E-state index in [2.05, 4.69) is 15.4 Å².